The van der Waals surface area contributed by atoms with Crippen molar-refractivity contribution in [2.75, 3.05) is 11.9 Å². The second-order valence-electron chi connectivity index (χ2n) is 5.27. The van der Waals surface area contributed by atoms with Gasteiger partial charge in [0.2, 0.25) is 0 Å². The lowest BCUT2D eigenvalue weighted by molar-refractivity contribution is -0.0553. The van der Waals surface area contributed by atoms with Gasteiger partial charge in [0, 0.05) is 12.6 Å². The van der Waals surface area contributed by atoms with E-state index >= 15 is 0 Å². The van der Waals surface area contributed by atoms with E-state index in [1.54, 1.807) is 12.1 Å². The molecule has 1 aromatic heterocycles. The Labute approximate surface area is 116 Å². The van der Waals surface area contributed by atoms with Crippen molar-refractivity contribution in [3.05, 3.63) is 22.8 Å². The van der Waals surface area contributed by atoms with Gasteiger partial charge < -0.3 is 15.2 Å². The van der Waals surface area contributed by atoms with Crippen LogP contribution >= 0.6 is 11.6 Å². The predicted octanol–water partition coefficient (Wildman–Crippen LogP) is 2.80. The Morgan fingerprint density at radius 3 is 2.95 bits per heavy atom. The van der Waals surface area contributed by atoms with Crippen LogP contribution in [0.4, 0.5) is 5.82 Å². The van der Waals surface area contributed by atoms with Gasteiger partial charge >= 0.3 is 5.97 Å². The molecule has 2 rings (SSSR count). The highest BCUT2D eigenvalue weighted by Crippen LogP contribution is 2.26. The summed E-state index contributed by atoms with van der Waals surface area (Å²) < 4.78 is 5.64. The number of rotatable bonds is 3. The third-order valence-corrected chi connectivity index (χ3v) is 3.40. The number of hydrogen-bond donors (Lipinski definition) is 2. The Balaban J connectivity index is 2.11. The summed E-state index contributed by atoms with van der Waals surface area (Å²) in [6.45, 7) is 4.77. The molecule has 1 aliphatic heterocycles. The number of carboxylic acids is 1. The molecule has 0 spiro atoms. The van der Waals surface area contributed by atoms with E-state index in [9.17, 15) is 4.79 Å². The Kier molecular flexibility index (Phi) is 3.96. The number of aromatic carboxylic acids is 1. The summed E-state index contributed by atoms with van der Waals surface area (Å²) in [6, 6.07) is 3.46. The fraction of sp³-hybridized carbons (Fsp3) is 0.538. The molecule has 0 saturated carbocycles. The van der Waals surface area contributed by atoms with Crippen molar-refractivity contribution in [2.24, 2.45) is 0 Å². The van der Waals surface area contributed by atoms with Crippen molar-refractivity contribution < 1.29 is 14.6 Å². The van der Waals surface area contributed by atoms with Gasteiger partial charge in [0.1, 0.15) is 5.82 Å². The lowest BCUT2D eigenvalue weighted by Gasteiger charge is -2.36. The van der Waals surface area contributed by atoms with Gasteiger partial charge in [0.15, 0.2) is 5.69 Å². The van der Waals surface area contributed by atoms with Crippen LogP contribution in [0.3, 0.4) is 0 Å². The van der Waals surface area contributed by atoms with Crippen molar-refractivity contribution in [1.82, 2.24) is 4.98 Å². The number of carboxylic acid groups (broad SMARTS) is 1. The van der Waals surface area contributed by atoms with Crippen LogP contribution < -0.4 is 5.32 Å². The van der Waals surface area contributed by atoms with Crippen molar-refractivity contribution in [3.8, 4) is 0 Å². The molecule has 1 atom stereocenters. The second-order valence-corrected chi connectivity index (χ2v) is 5.68. The number of pyridine rings is 1. The fourth-order valence-corrected chi connectivity index (χ4v) is 2.42. The Bertz CT molecular complexity index is 491. The van der Waals surface area contributed by atoms with Crippen molar-refractivity contribution in [1.29, 1.82) is 0 Å². The van der Waals surface area contributed by atoms with E-state index < -0.39 is 5.97 Å². The topological polar surface area (TPSA) is 71.5 Å². The van der Waals surface area contributed by atoms with E-state index in [-0.39, 0.29) is 22.4 Å². The number of halogens is 1. The fourth-order valence-electron chi connectivity index (χ4n) is 2.24. The molecular weight excluding hydrogens is 268 g/mol. The van der Waals surface area contributed by atoms with Crippen LogP contribution in [0.1, 0.15) is 37.2 Å². The van der Waals surface area contributed by atoms with Gasteiger partial charge in [-0.1, -0.05) is 11.6 Å². The smallest absolute Gasteiger partial charge is 0.356 e. The SMILES string of the molecule is CC1(C)CC(Nc2ccc(Cl)c(C(=O)O)n2)CCO1. The summed E-state index contributed by atoms with van der Waals surface area (Å²) in [4.78, 5) is 15.0. The van der Waals surface area contributed by atoms with Gasteiger partial charge in [-0.3, -0.25) is 0 Å². The largest absolute Gasteiger partial charge is 0.476 e. The quantitative estimate of drug-likeness (QED) is 0.893. The summed E-state index contributed by atoms with van der Waals surface area (Å²) >= 11 is 5.79. The van der Waals surface area contributed by atoms with E-state index in [1.165, 1.54) is 0 Å². The van der Waals surface area contributed by atoms with Crippen LogP contribution in [0.5, 0.6) is 0 Å². The van der Waals surface area contributed by atoms with Gasteiger partial charge in [-0.25, -0.2) is 9.78 Å². The molecular formula is C13H17ClN2O3. The summed E-state index contributed by atoms with van der Waals surface area (Å²) in [5, 5.41) is 12.4. The van der Waals surface area contributed by atoms with Gasteiger partial charge in [-0.05, 0) is 38.8 Å². The third kappa shape index (κ3) is 3.58. The van der Waals surface area contributed by atoms with Crippen LogP contribution in [0, 0.1) is 0 Å². The minimum absolute atomic E-state index is 0.127. The standard InChI is InChI=1S/C13H17ClN2O3/c1-13(2)7-8(5-6-19-13)15-10-4-3-9(14)11(16-10)12(17)18/h3-4,8H,5-7H2,1-2H3,(H,15,16)(H,17,18). The Morgan fingerprint density at radius 2 is 2.32 bits per heavy atom. The molecule has 0 bridgehead atoms. The number of hydrogen-bond acceptors (Lipinski definition) is 4. The molecule has 2 N–H and O–H groups in total. The average Bonchev–Trinajstić information content (AvgIpc) is 2.30. The number of anilines is 1. The Hall–Kier alpha value is -1.33. The molecule has 19 heavy (non-hydrogen) atoms. The maximum atomic E-state index is 11.0. The zero-order valence-electron chi connectivity index (χ0n) is 10.9. The molecule has 0 aliphatic carbocycles. The summed E-state index contributed by atoms with van der Waals surface area (Å²) in [5.74, 6) is -0.592. The number of nitrogens with zero attached hydrogens (tertiary/aromatic N) is 1. The summed E-state index contributed by atoms with van der Waals surface area (Å²) in [5.41, 5.74) is -0.296. The lowest BCUT2D eigenvalue weighted by atomic mass is 9.94. The molecule has 1 saturated heterocycles. The molecule has 0 aromatic carbocycles. The molecule has 1 aromatic rings. The first-order valence-corrected chi connectivity index (χ1v) is 6.55. The van der Waals surface area contributed by atoms with Crippen LogP contribution in [-0.2, 0) is 4.74 Å². The Morgan fingerprint density at radius 1 is 1.58 bits per heavy atom. The zero-order valence-corrected chi connectivity index (χ0v) is 11.7. The maximum Gasteiger partial charge on any atom is 0.356 e. The van der Waals surface area contributed by atoms with Crippen LogP contribution in [-0.4, -0.2) is 34.3 Å². The predicted molar refractivity (Wildman–Crippen MR) is 72.9 cm³/mol. The van der Waals surface area contributed by atoms with E-state index in [0.717, 1.165) is 12.8 Å². The maximum absolute atomic E-state index is 11.0. The van der Waals surface area contributed by atoms with Crippen LogP contribution in [0.15, 0.2) is 12.1 Å². The average molecular weight is 285 g/mol. The molecule has 0 radical (unpaired) electrons. The first-order chi connectivity index (χ1) is 8.87. The molecule has 1 aliphatic rings. The van der Waals surface area contributed by atoms with Crippen molar-refractivity contribution in [3.63, 3.8) is 0 Å². The highest BCUT2D eigenvalue weighted by molar-refractivity contribution is 6.33. The minimum atomic E-state index is -1.12. The van der Waals surface area contributed by atoms with E-state index in [1.807, 2.05) is 13.8 Å². The van der Waals surface area contributed by atoms with Crippen molar-refractivity contribution in [2.45, 2.75) is 38.3 Å². The minimum Gasteiger partial charge on any atom is -0.476 e. The highest BCUT2D eigenvalue weighted by atomic mass is 35.5. The normalized spacial score (nSPS) is 21.9. The van der Waals surface area contributed by atoms with Gasteiger partial charge in [-0.2, -0.15) is 0 Å². The molecule has 1 unspecified atom stereocenters. The zero-order chi connectivity index (χ0) is 14.0. The first-order valence-electron chi connectivity index (χ1n) is 6.18. The van der Waals surface area contributed by atoms with Gasteiger partial charge in [-0.15, -0.1) is 0 Å². The van der Waals surface area contributed by atoms with E-state index in [4.69, 9.17) is 21.4 Å². The number of aromatic nitrogens is 1. The first kappa shape index (κ1) is 14.1. The van der Waals surface area contributed by atoms with E-state index in [0.29, 0.717) is 12.4 Å². The number of nitrogens with one attached hydrogen (secondary N) is 1. The monoisotopic (exact) mass is 284 g/mol. The molecule has 0 amide bonds. The van der Waals surface area contributed by atoms with E-state index in [2.05, 4.69) is 10.3 Å². The van der Waals surface area contributed by atoms with Crippen LogP contribution in [0.25, 0.3) is 0 Å². The van der Waals surface area contributed by atoms with Crippen LogP contribution in [0.2, 0.25) is 5.02 Å². The number of ether oxygens (including phenoxy) is 1. The second kappa shape index (κ2) is 5.35. The van der Waals surface area contributed by atoms with Gasteiger partial charge in [0.05, 0.1) is 10.6 Å². The molecule has 1 fully saturated rings. The summed E-state index contributed by atoms with van der Waals surface area (Å²) in [7, 11) is 0. The lowest BCUT2D eigenvalue weighted by Crippen LogP contribution is -2.40. The van der Waals surface area contributed by atoms with Gasteiger partial charge in [0.25, 0.3) is 0 Å². The molecule has 104 valence electrons. The number of carbonyl (C=O) groups is 1. The van der Waals surface area contributed by atoms with Crippen molar-refractivity contribution >= 4 is 23.4 Å². The molecule has 6 heteroatoms. The molecule has 5 nitrogen and oxygen atoms in total. The summed E-state index contributed by atoms with van der Waals surface area (Å²) in [6.07, 6.45) is 1.72. The third-order valence-electron chi connectivity index (χ3n) is 3.10. The molecule has 2 heterocycles. The highest BCUT2D eigenvalue weighted by Gasteiger charge is 2.29.